The van der Waals surface area contributed by atoms with Crippen molar-refractivity contribution in [2.24, 2.45) is 0 Å². The molecule has 0 aliphatic carbocycles. The molecule has 1 fully saturated rings. The van der Waals surface area contributed by atoms with Crippen LogP contribution in [0.4, 0.5) is 4.79 Å². The zero-order chi connectivity index (χ0) is 17.5. The van der Waals surface area contributed by atoms with Gasteiger partial charge in [0.25, 0.3) is 5.24 Å². The molecule has 0 bridgehead atoms. The van der Waals surface area contributed by atoms with Crippen molar-refractivity contribution in [1.82, 2.24) is 4.90 Å². The summed E-state index contributed by atoms with van der Waals surface area (Å²) in [5, 5.41) is -0.267. The van der Waals surface area contributed by atoms with E-state index < -0.39 is 5.97 Å². The average Bonchev–Trinajstić information content (AvgIpc) is 2.84. The Morgan fingerprint density at radius 1 is 1.33 bits per heavy atom. The summed E-state index contributed by atoms with van der Waals surface area (Å²) in [5.74, 6) is 0.316. The largest absolute Gasteiger partial charge is 0.494 e. The van der Waals surface area contributed by atoms with Gasteiger partial charge in [0.1, 0.15) is 17.3 Å². The van der Waals surface area contributed by atoms with Gasteiger partial charge in [0.15, 0.2) is 0 Å². The zero-order valence-corrected chi connectivity index (χ0v) is 15.2. The molecule has 0 aromatic heterocycles. The minimum Gasteiger partial charge on any atom is -0.494 e. The molecule has 2 rings (SSSR count). The van der Waals surface area contributed by atoms with E-state index in [1.165, 1.54) is 12.0 Å². The van der Waals surface area contributed by atoms with Crippen LogP contribution >= 0.6 is 24.0 Å². The number of carbonyl (C=O) groups is 2. The summed E-state index contributed by atoms with van der Waals surface area (Å²) in [6, 6.07) is 7.59. The minimum absolute atomic E-state index is 0.164. The van der Waals surface area contributed by atoms with Crippen LogP contribution in [-0.4, -0.2) is 41.4 Å². The number of benzene rings is 1. The number of amides is 1. The molecule has 1 aromatic rings. The molecule has 1 heterocycles. The lowest BCUT2D eigenvalue weighted by Gasteiger charge is -2.12. The monoisotopic (exact) mass is 365 g/mol. The molecule has 5 nitrogen and oxygen atoms in total. The zero-order valence-electron chi connectivity index (χ0n) is 13.6. The molecule has 1 aromatic carbocycles. The second-order valence-electron chi connectivity index (χ2n) is 5.12. The number of thiocarbonyl (C=S) groups is 1. The highest BCUT2D eigenvalue weighted by atomic mass is 32.2. The predicted octanol–water partition coefficient (Wildman–Crippen LogP) is 3.88. The summed E-state index contributed by atoms with van der Waals surface area (Å²) in [4.78, 5) is 25.6. The van der Waals surface area contributed by atoms with Crippen molar-refractivity contribution >= 4 is 46.3 Å². The Balaban J connectivity index is 2.04. The summed E-state index contributed by atoms with van der Waals surface area (Å²) < 4.78 is 10.2. The van der Waals surface area contributed by atoms with Gasteiger partial charge >= 0.3 is 5.97 Å². The molecule has 1 aliphatic rings. The Labute approximate surface area is 151 Å². The third kappa shape index (κ3) is 4.82. The number of rotatable bonds is 7. The van der Waals surface area contributed by atoms with Gasteiger partial charge in [0.05, 0.1) is 18.6 Å². The quantitative estimate of drug-likeness (QED) is 0.316. The maximum Gasteiger partial charge on any atom is 0.325 e. The van der Waals surface area contributed by atoms with Crippen LogP contribution in [0.5, 0.6) is 5.75 Å². The van der Waals surface area contributed by atoms with Crippen molar-refractivity contribution in [1.29, 1.82) is 0 Å². The average molecular weight is 365 g/mol. The van der Waals surface area contributed by atoms with Gasteiger partial charge in [-0.3, -0.25) is 14.5 Å². The Morgan fingerprint density at radius 3 is 2.67 bits per heavy atom. The molecule has 0 N–H and O–H groups in total. The van der Waals surface area contributed by atoms with Crippen LogP contribution in [0.2, 0.25) is 0 Å². The van der Waals surface area contributed by atoms with E-state index in [-0.39, 0.29) is 11.8 Å². The summed E-state index contributed by atoms with van der Waals surface area (Å²) in [6.07, 6.45) is 3.95. The van der Waals surface area contributed by atoms with Crippen LogP contribution in [0.15, 0.2) is 29.2 Å². The first-order valence-electron chi connectivity index (χ1n) is 7.60. The number of carbonyl (C=O) groups excluding carboxylic acids is 2. The number of hydrogen-bond acceptors (Lipinski definition) is 6. The molecular formula is C17H19NO4S2. The Hall–Kier alpha value is -1.86. The molecule has 0 spiro atoms. The van der Waals surface area contributed by atoms with Crippen molar-refractivity contribution in [2.45, 2.75) is 19.8 Å². The minimum atomic E-state index is -0.499. The molecule has 0 unspecified atom stereocenters. The number of methoxy groups -OCH3 is 1. The van der Waals surface area contributed by atoms with Crippen molar-refractivity contribution in [3.8, 4) is 5.75 Å². The molecule has 1 aliphatic heterocycles. The molecular weight excluding hydrogens is 346 g/mol. The van der Waals surface area contributed by atoms with Crippen molar-refractivity contribution in [3.05, 3.63) is 34.7 Å². The van der Waals surface area contributed by atoms with E-state index in [1.54, 1.807) is 0 Å². The van der Waals surface area contributed by atoms with Crippen LogP contribution < -0.4 is 4.74 Å². The number of esters is 1. The summed E-state index contributed by atoms with van der Waals surface area (Å²) in [7, 11) is 1.28. The smallest absolute Gasteiger partial charge is 0.325 e. The van der Waals surface area contributed by atoms with Gasteiger partial charge in [-0.1, -0.05) is 37.7 Å². The van der Waals surface area contributed by atoms with Gasteiger partial charge in [-0.05, 0) is 42.0 Å². The summed E-state index contributed by atoms with van der Waals surface area (Å²) >= 11 is 6.30. The Bertz CT molecular complexity index is 655. The number of unbranched alkanes of at least 4 members (excludes halogenated alkanes) is 1. The van der Waals surface area contributed by atoms with Crippen LogP contribution in [0.3, 0.4) is 0 Å². The van der Waals surface area contributed by atoms with Gasteiger partial charge < -0.3 is 9.47 Å². The first kappa shape index (κ1) is 18.5. The number of thioether (sulfide) groups is 1. The van der Waals surface area contributed by atoms with Crippen LogP contribution in [0.1, 0.15) is 25.3 Å². The highest BCUT2D eigenvalue weighted by molar-refractivity contribution is 8.19. The maximum absolute atomic E-state index is 12.0. The third-order valence-electron chi connectivity index (χ3n) is 3.33. The van der Waals surface area contributed by atoms with E-state index in [4.69, 9.17) is 17.0 Å². The summed E-state index contributed by atoms with van der Waals surface area (Å²) in [6.45, 7) is 2.65. The number of hydrogen-bond donors (Lipinski definition) is 0. The Morgan fingerprint density at radius 2 is 2.04 bits per heavy atom. The van der Waals surface area contributed by atoms with Crippen molar-refractivity contribution < 1.29 is 19.1 Å². The second-order valence-corrected chi connectivity index (χ2v) is 6.49. The van der Waals surface area contributed by atoms with Crippen LogP contribution in [-0.2, 0) is 9.53 Å². The van der Waals surface area contributed by atoms with Gasteiger partial charge in [0.2, 0.25) is 0 Å². The van der Waals surface area contributed by atoms with Crippen LogP contribution in [0, 0.1) is 0 Å². The fourth-order valence-electron chi connectivity index (χ4n) is 1.98. The van der Waals surface area contributed by atoms with Crippen molar-refractivity contribution in [3.63, 3.8) is 0 Å². The van der Waals surface area contributed by atoms with E-state index in [1.807, 2.05) is 30.3 Å². The number of ether oxygens (including phenoxy) is 2. The third-order valence-corrected chi connectivity index (χ3v) is 4.83. The molecule has 0 radical (unpaired) electrons. The molecule has 0 atom stereocenters. The van der Waals surface area contributed by atoms with Crippen molar-refractivity contribution in [2.75, 3.05) is 20.3 Å². The fourth-order valence-corrected chi connectivity index (χ4v) is 3.21. The molecule has 0 saturated carbocycles. The lowest BCUT2D eigenvalue weighted by atomic mass is 10.2. The first-order chi connectivity index (χ1) is 11.5. The molecule has 128 valence electrons. The van der Waals surface area contributed by atoms with E-state index >= 15 is 0 Å². The van der Waals surface area contributed by atoms with Gasteiger partial charge in [0, 0.05) is 0 Å². The van der Waals surface area contributed by atoms with E-state index in [0.29, 0.717) is 16.5 Å². The topological polar surface area (TPSA) is 55.8 Å². The lowest BCUT2D eigenvalue weighted by molar-refractivity contribution is -0.140. The summed E-state index contributed by atoms with van der Waals surface area (Å²) in [5.41, 5.74) is 0.912. The van der Waals surface area contributed by atoms with Gasteiger partial charge in [-0.15, -0.1) is 0 Å². The molecule has 1 saturated heterocycles. The second kappa shape index (κ2) is 8.84. The standard InChI is InChI=1S/C17H19NO4S2/c1-3-4-9-22-13-7-5-12(6-8-13)10-14-16(23)18(17(20)24-14)11-15(19)21-2/h5-8,10H,3-4,9,11H2,1-2H3. The fraction of sp³-hybridized carbons (Fsp3) is 0.353. The lowest BCUT2D eigenvalue weighted by Crippen LogP contribution is -2.33. The van der Waals surface area contributed by atoms with Gasteiger partial charge in [-0.2, -0.15) is 0 Å². The normalized spacial score (nSPS) is 15.9. The van der Waals surface area contributed by atoms with Gasteiger partial charge in [-0.25, -0.2) is 0 Å². The highest BCUT2D eigenvalue weighted by Gasteiger charge is 2.33. The SMILES string of the molecule is CCCCOc1ccc(C=C2SC(=O)N(CC(=O)OC)C2=S)cc1. The number of nitrogens with zero attached hydrogens (tertiary/aromatic N) is 1. The van der Waals surface area contributed by atoms with E-state index in [2.05, 4.69) is 11.7 Å². The molecule has 1 amide bonds. The maximum atomic E-state index is 12.0. The van der Waals surface area contributed by atoms with E-state index in [0.717, 1.165) is 35.9 Å². The molecule has 7 heteroatoms. The molecule has 24 heavy (non-hydrogen) atoms. The Kier molecular flexibility index (Phi) is 6.81. The van der Waals surface area contributed by atoms with E-state index in [9.17, 15) is 9.59 Å². The first-order valence-corrected chi connectivity index (χ1v) is 8.82. The highest BCUT2D eigenvalue weighted by Crippen LogP contribution is 2.33. The predicted molar refractivity (Wildman–Crippen MR) is 99.1 cm³/mol. The van der Waals surface area contributed by atoms with Crippen LogP contribution in [0.25, 0.3) is 6.08 Å².